The van der Waals surface area contributed by atoms with Crippen molar-refractivity contribution in [3.63, 3.8) is 0 Å². The van der Waals surface area contributed by atoms with Crippen molar-refractivity contribution < 1.29 is 101 Å². The summed E-state index contributed by atoms with van der Waals surface area (Å²) in [6.07, 6.45) is 11.1. The molecule has 2 bridgehead atoms. The number of fused-ring (bicyclic) bond motifs is 3. The van der Waals surface area contributed by atoms with Crippen LogP contribution in [0.2, 0.25) is 0 Å². The minimum atomic E-state index is -2.52. The number of ketones is 5. The molecule has 624 valence electrons. The third-order valence-corrected chi connectivity index (χ3v) is 28.7. The van der Waals surface area contributed by atoms with Crippen molar-refractivity contribution in [2.75, 3.05) is 44.6 Å². The average molecular weight is 2250 g/mol. The number of amides is 3. The number of allylic oxidation sites excluding steroid dienone is 6. The lowest BCUT2D eigenvalue weighted by atomic mass is 9.78. The van der Waals surface area contributed by atoms with Crippen LogP contribution in [0.25, 0.3) is 0 Å². The topological polar surface area (TPSA) is 337 Å². The maximum absolute atomic E-state index is 14.9. The van der Waals surface area contributed by atoms with Gasteiger partial charge in [-0.15, -0.1) is 0 Å². The second-order valence-corrected chi connectivity index (χ2v) is 37.4. The molecule has 4 N–H and O–H groups in total. The number of cyclic esters (lactones) is 1. The van der Waals surface area contributed by atoms with E-state index in [9.17, 15) is 67.7 Å². The molecule has 0 radical (unpaired) electrons. The lowest BCUT2D eigenvalue weighted by Crippen LogP contribution is -2.61. The van der Waals surface area contributed by atoms with E-state index in [-0.39, 0.29) is 124 Å². The van der Waals surface area contributed by atoms with Crippen LogP contribution in [0.15, 0.2) is 47.6 Å². The molecule has 1 saturated carbocycles. The van der Waals surface area contributed by atoms with Crippen LogP contribution in [-0.4, -0.2) is 168 Å². The first-order chi connectivity index (χ1) is 53.1. The second kappa shape index (κ2) is 46.1. The summed E-state index contributed by atoms with van der Waals surface area (Å²) < 4.78 is 45.8. The number of carbonyl (C=O) groups excluding carboxylic acids is 12. The van der Waals surface area contributed by atoms with Gasteiger partial charge in [-0.25, -0.2) is 14.4 Å². The zero-order chi connectivity index (χ0) is 84.2. The summed E-state index contributed by atoms with van der Waals surface area (Å²) in [5.41, 5.74) is 3.43. The fourth-order valence-electron chi connectivity index (χ4n) is 15.3. The summed E-state index contributed by atoms with van der Waals surface area (Å²) in [6.45, 7) is 19.5. The number of hydrogen-bond donors (Lipinski definition) is 4. The summed E-state index contributed by atoms with van der Waals surface area (Å²) in [5.74, 6) is -13.0. The monoisotopic (exact) mass is 2250 g/mol. The molecule has 113 heavy (non-hydrogen) atoms. The molecule has 3 heterocycles. The second-order valence-electron chi connectivity index (χ2n) is 30.9. The van der Waals surface area contributed by atoms with Gasteiger partial charge in [0.25, 0.3) is 11.7 Å². The van der Waals surface area contributed by atoms with Crippen molar-refractivity contribution in [1.82, 2.24) is 4.90 Å². The molecule has 0 spiro atoms. The molecule has 3 amide bonds. The number of anilines is 2. The van der Waals surface area contributed by atoms with Crippen molar-refractivity contribution in [3.8, 4) is 0 Å². The fourth-order valence-corrected chi connectivity index (χ4v) is 23.8. The summed E-state index contributed by atoms with van der Waals surface area (Å²) >= 11 is 12.1. The van der Waals surface area contributed by atoms with Gasteiger partial charge in [0.05, 0.1) is 70.8 Å². The molecule has 0 aromatic heterocycles. The van der Waals surface area contributed by atoms with E-state index in [1.807, 2.05) is 171 Å². The highest BCUT2D eigenvalue weighted by Gasteiger charge is 2.53. The minimum absolute atomic E-state index is 0.00723. The molecule has 1 unspecified atom stereocenters. The SMILES string of the molecule is CO[C@H]1C[C@@H]2CC[C@@H](C)[C@@](O)(O2)C(=O)C(=O)N2CCCC[C@H]2C(=O)O[C@H]([C@H](C)C[C@@H]2CC[C@@H](OC(=O)CCC(CCOC(=O)c3c(I)c(CC(C)=O)c(I)c(CC(C)=O)c3I)CCOC(=O)c3c(I)c(NC(C)=O)c(I)c(NC(C)=O)c3I)[C@H](OC)C2)CC(=O)[C@H](C)/C=C(\C)[C@@H](O)[C@@H](C)C(=O)[C@H](C)C[C@H](C)/C=C/C=CC=C1C. The van der Waals surface area contributed by atoms with Gasteiger partial charge in [0.15, 0.2) is 0 Å². The van der Waals surface area contributed by atoms with Gasteiger partial charge in [0.2, 0.25) is 17.6 Å². The number of aliphatic hydroxyl groups is 2. The molecule has 2 aromatic carbocycles. The van der Waals surface area contributed by atoms with Gasteiger partial charge < -0.3 is 58.9 Å². The third-order valence-electron chi connectivity index (χ3n) is 21.8. The maximum atomic E-state index is 14.9. The van der Waals surface area contributed by atoms with E-state index in [1.54, 1.807) is 40.9 Å². The molecule has 3 fully saturated rings. The standard InChI is InChI=1S/C83H109I6N3O21/c1-42-20-16-15-17-21-43(2)62(107-13)40-56-26-23-48(7)83(106,113-56)78(101)79(102)92-31-19-18-22-59(92)80(103)112-63(41-60(97)44(3)35-47(6)77(100)51(10)76(99)46(5)34-42)45(4)36-55-24-27-61(64(39-55)108-14)111-65(98)28-25-54(29-32-109-81(104)66-69(85)57(37-49(8)93)68(84)58(70(66)86)38-50(9)94)30-33-110-82(105)67-71(87)74(90-52(11)95)73(89)75(72(67)88)91-53(12)96/h15-17,20-21,35,42,44-46,48,51,54-56,59,61-64,77,100,106H,18-19,22-34,36-41H2,1-14H3,(H,90,95)(H,91,96)/b17-15?,20-16+,43-21?,47-35+/t42-,44-,45-,46-,48-,51+,54?,55+,56+,59+,61-,62+,63+,64-,77-,83-/m1/s1. The van der Waals surface area contributed by atoms with E-state index >= 15 is 0 Å². The Morgan fingerprint density at radius 1 is 0.673 bits per heavy atom. The number of Topliss-reactive ketones (excluding diaryl/α,β-unsaturated/α-hetero) is 5. The van der Waals surface area contributed by atoms with E-state index < -0.39 is 131 Å². The van der Waals surface area contributed by atoms with Crippen molar-refractivity contribution >= 4 is 217 Å². The molecule has 2 aromatic rings. The molecule has 30 heteroatoms. The van der Waals surface area contributed by atoms with Crippen molar-refractivity contribution in [3.05, 3.63) is 91.3 Å². The van der Waals surface area contributed by atoms with Crippen LogP contribution in [0.5, 0.6) is 0 Å². The largest absolute Gasteiger partial charge is 0.462 e. The van der Waals surface area contributed by atoms with E-state index in [4.69, 9.17) is 33.2 Å². The molecule has 6 rings (SSSR count). The lowest BCUT2D eigenvalue weighted by molar-refractivity contribution is -0.265. The number of aliphatic hydroxyl groups excluding tert-OH is 1. The zero-order valence-corrected chi connectivity index (χ0v) is 79.8. The number of rotatable bonds is 23. The van der Waals surface area contributed by atoms with Gasteiger partial charge >= 0.3 is 23.9 Å². The molecule has 2 saturated heterocycles. The van der Waals surface area contributed by atoms with Crippen molar-refractivity contribution in [2.24, 2.45) is 47.3 Å². The Balaban J connectivity index is 1.23. The first-order valence-electron chi connectivity index (χ1n) is 38.6. The van der Waals surface area contributed by atoms with Crippen LogP contribution in [-0.2, 0) is 93.9 Å². The molecular weight excluding hydrogens is 2140 g/mol. The van der Waals surface area contributed by atoms with Crippen LogP contribution in [0.1, 0.15) is 218 Å². The number of methoxy groups -OCH3 is 2. The minimum Gasteiger partial charge on any atom is -0.462 e. The molecule has 16 atom stereocenters. The molecular formula is C83H109I6N3O21. The Hall–Kier alpha value is -3.78. The van der Waals surface area contributed by atoms with Crippen LogP contribution in [0, 0.1) is 68.8 Å². The number of halogens is 6. The highest BCUT2D eigenvalue weighted by atomic mass is 127. The number of hydrogen-bond acceptors (Lipinski definition) is 21. The van der Waals surface area contributed by atoms with E-state index in [0.717, 1.165) is 10.5 Å². The smallest absolute Gasteiger partial charge is 0.340 e. The Bertz CT molecular complexity index is 3790. The Kier molecular flexibility index (Phi) is 40.0. The summed E-state index contributed by atoms with van der Waals surface area (Å²) in [6, 6.07) is -1.25. The number of ether oxygens (including phenoxy) is 7. The highest BCUT2D eigenvalue weighted by molar-refractivity contribution is 14.1. The van der Waals surface area contributed by atoms with Crippen LogP contribution in [0.4, 0.5) is 11.4 Å². The average Bonchev–Trinajstić information content (AvgIpc) is 0.784. The van der Waals surface area contributed by atoms with E-state index in [0.29, 0.717) is 107 Å². The maximum Gasteiger partial charge on any atom is 0.340 e. The number of benzene rings is 2. The predicted molar refractivity (Wildman–Crippen MR) is 476 cm³/mol. The Labute approximate surface area is 745 Å². The lowest BCUT2D eigenvalue weighted by Gasteiger charge is -2.42. The Morgan fingerprint density at radius 2 is 1.26 bits per heavy atom. The number of piperidine rings is 1. The molecule has 3 aliphatic heterocycles. The number of nitrogens with zero attached hydrogens (tertiary/aromatic N) is 1. The third kappa shape index (κ3) is 27.4. The number of carbonyl (C=O) groups is 12. The first kappa shape index (κ1) is 98.0. The van der Waals surface area contributed by atoms with Crippen molar-refractivity contribution in [1.29, 1.82) is 0 Å². The first-order valence-corrected chi connectivity index (χ1v) is 45.1. The zero-order valence-electron chi connectivity index (χ0n) is 66.8. The number of nitrogens with one attached hydrogen (secondary N) is 2. The van der Waals surface area contributed by atoms with Gasteiger partial charge in [0, 0.05) is 101 Å². The van der Waals surface area contributed by atoms with Crippen LogP contribution < -0.4 is 10.6 Å². The Morgan fingerprint density at radius 3 is 1.81 bits per heavy atom. The summed E-state index contributed by atoms with van der Waals surface area (Å²) in [5, 5.41) is 29.4. The fraction of sp³-hybridized carbons (Fsp3) is 0.614. The van der Waals surface area contributed by atoms with Gasteiger partial charge in [-0.2, -0.15) is 0 Å². The normalized spacial score (nSPS) is 27.5. The molecule has 4 aliphatic rings. The number of esters is 4. The van der Waals surface area contributed by atoms with Crippen LogP contribution in [0.3, 0.4) is 0 Å². The summed E-state index contributed by atoms with van der Waals surface area (Å²) in [7, 11) is 3.08. The predicted octanol–water partition coefficient (Wildman–Crippen LogP) is 15.1. The quantitative estimate of drug-likeness (QED) is 0.0264. The molecule has 24 nitrogen and oxygen atoms in total. The van der Waals surface area contributed by atoms with Gasteiger partial charge in [-0.05, 0) is 293 Å². The molecule has 1 aliphatic carbocycles. The van der Waals surface area contributed by atoms with E-state index in [1.165, 1.54) is 34.8 Å². The van der Waals surface area contributed by atoms with Gasteiger partial charge in [-0.3, -0.25) is 43.2 Å². The van der Waals surface area contributed by atoms with Gasteiger partial charge in [0.1, 0.15) is 41.4 Å². The van der Waals surface area contributed by atoms with Gasteiger partial charge in [-0.1, -0.05) is 78.0 Å². The van der Waals surface area contributed by atoms with Crippen molar-refractivity contribution in [2.45, 2.75) is 247 Å². The van der Waals surface area contributed by atoms with Crippen LogP contribution >= 0.6 is 136 Å². The summed E-state index contributed by atoms with van der Waals surface area (Å²) in [4.78, 5) is 166. The van der Waals surface area contributed by atoms with E-state index in [2.05, 4.69) is 33.2 Å². The highest BCUT2D eigenvalue weighted by Crippen LogP contribution is 2.42.